The van der Waals surface area contributed by atoms with E-state index in [0.29, 0.717) is 22.2 Å². The number of hydrogen-bond acceptors (Lipinski definition) is 4. The van der Waals surface area contributed by atoms with Gasteiger partial charge in [0.2, 0.25) is 10.0 Å². The maximum Gasteiger partial charge on any atom is 0.255 e. The summed E-state index contributed by atoms with van der Waals surface area (Å²) in [5.74, 6) is 0.364. The number of anilines is 1. The first-order valence-electron chi connectivity index (χ1n) is 8.94. The minimum atomic E-state index is -3.75. The van der Waals surface area contributed by atoms with Gasteiger partial charge in [0.25, 0.3) is 5.91 Å². The molecule has 0 bridgehead atoms. The molecule has 8 heteroatoms. The highest BCUT2D eigenvalue weighted by molar-refractivity contribution is 7.89. The molecule has 0 fully saturated rings. The van der Waals surface area contributed by atoms with Crippen LogP contribution in [-0.2, 0) is 10.0 Å². The van der Waals surface area contributed by atoms with Crippen LogP contribution in [0.1, 0.15) is 10.4 Å². The normalized spacial score (nSPS) is 11.0. The predicted molar refractivity (Wildman–Crippen MR) is 118 cm³/mol. The lowest BCUT2D eigenvalue weighted by Gasteiger charge is -2.13. The molecular weight excluding hydrogens is 424 g/mol. The van der Waals surface area contributed by atoms with Crippen molar-refractivity contribution >= 4 is 33.2 Å². The number of carbonyl (C=O) groups is 1. The molecular formula is C22H19ClN2O4S. The average Bonchev–Trinajstić information content (AvgIpc) is 2.75. The van der Waals surface area contributed by atoms with Crippen molar-refractivity contribution in [3.63, 3.8) is 0 Å². The van der Waals surface area contributed by atoms with Gasteiger partial charge in [0.05, 0.1) is 15.6 Å². The van der Waals surface area contributed by atoms with E-state index in [1.807, 2.05) is 0 Å². The molecule has 0 aliphatic heterocycles. The Balaban J connectivity index is 1.83. The molecule has 3 aromatic carbocycles. The van der Waals surface area contributed by atoms with Crippen LogP contribution in [0.4, 0.5) is 5.69 Å². The lowest BCUT2D eigenvalue weighted by atomic mass is 10.2. The number of benzene rings is 3. The molecule has 0 radical (unpaired) electrons. The minimum absolute atomic E-state index is 0.0161. The molecule has 0 saturated heterocycles. The zero-order chi connectivity index (χ0) is 21.6. The van der Waals surface area contributed by atoms with Crippen LogP contribution in [-0.4, -0.2) is 20.9 Å². The lowest BCUT2D eigenvalue weighted by Crippen LogP contribution is -2.24. The minimum Gasteiger partial charge on any atom is -0.454 e. The predicted octanol–water partition coefficient (Wildman–Crippen LogP) is 4.85. The Hall–Kier alpha value is -3.13. The molecule has 30 heavy (non-hydrogen) atoms. The van der Waals surface area contributed by atoms with Crippen LogP contribution in [0.5, 0.6) is 11.5 Å². The monoisotopic (exact) mass is 442 g/mol. The number of rotatable bonds is 8. The molecule has 0 aromatic heterocycles. The van der Waals surface area contributed by atoms with Gasteiger partial charge in [-0.25, -0.2) is 13.1 Å². The number of halogens is 1. The van der Waals surface area contributed by atoms with Crippen molar-refractivity contribution in [2.45, 2.75) is 4.90 Å². The molecule has 3 aromatic rings. The Morgan fingerprint density at radius 1 is 1.00 bits per heavy atom. The number of carbonyl (C=O) groups excluding carboxylic acids is 1. The molecule has 0 aliphatic rings. The van der Waals surface area contributed by atoms with Crippen LogP contribution in [0.25, 0.3) is 0 Å². The van der Waals surface area contributed by atoms with Crippen molar-refractivity contribution in [1.29, 1.82) is 0 Å². The molecule has 0 spiro atoms. The van der Waals surface area contributed by atoms with E-state index in [9.17, 15) is 13.2 Å². The molecule has 0 heterocycles. The van der Waals surface area contributed by atoms with Crippen LogP contribution < -0.4 is 14.8 Å². The van der Waals surface area contributed by atoms with Crippen LogP contribution >= 0.6 is 11.6 Å². The molecule has 0 unspecified atom stereocenters. The number of amides is 1. The highest BCUT2D eigenvalue weighted by Crippen LogP contribution is 2.33. The zero-order valence-corrected chi connectivity index (χ0v) is 17.4. The van der Waals surface area contributed by atoms with Gasteiger partial charge in [-0.3, -0.25) is 4.79 Å². The van der Waals surface area contributed by atoms with Crippen LogP contribution in [0.2, 0.25) is 5.02 Å². The van der Waals surface area contributed by atoms with Crippen molar-refractivity contribution in [3.8, 4) is 11.5 Å². The van der Waals surface area contributed by atoms with Crippen molar-refractivity contribution in [3.05, 3.63) is 96.0 Å². The number of nitrogens with one attached hydrogen (secondary N) is 2. The summed E-state index contributed by atoms with van der Waals surface area (Å²) in [6, 6.07) is 19.6. The summed E-state index contributed by atoms with van der Waals surface area (Å²) >= 11 is 6.14. The van der Waals surface area contributed by atoms with E-state index in [1.165, 1.54) is 30.3 Å². The summed E-state index contributed by atoms with van der Waals surface area (Å²) in [7, 11) is -3.75. The topological polar surface area (TPSA) is 84.5 Å². The second-order valence-electron chi connectivity index (χ2n) is 6.15. The Bertz CT molecular complexity index is 1180. The van der Waals surface area contributed by atoms with Gasteiger partial charge in [-0.2, -0.15) is 0 Å². The van der Waals surface area contributed by atoms with Crippen LogP contribution in [0, 0.1) is 0 Å². The van der Waals surface area contributed by atoms with Gasteiger partial charge in [0, 0.05) is 12.1 Å². The fourth-order valence-corrected chi connectivity index (χ4v) is 3.77. The fourth-order valence-electron chi connectivity index (χ4n) is 2.56. The summed E-state index contributed by atoms with van der Waals surface area (Å²) in [6.07, 6.45) is 1.43. The lowest BCUT2D eigenvalue weighted by molar-refractivity contribution is 0.102. The smallest absolute Gasteiger partial charge is 0.255 e. The number of para-hydroxylation sites is 3. The van der Waals surface area contributed by atoms with Gasteiger partial charge in [0.15, 0.2) is 5.75 Å². The molecule has 0 atom stereocenters. The first-order valence-corrected chi connectivity index (χ1v) is 10.8. The summed E-state index contributed by atoms with van der Waals surface area (Å²) in [4.78, 5) is 12.7. The molecule has 6 nitrogen and oxygen atoms in total. The van der Waals surface area contributed by atoms with Crippen LogP contribution in [0.15, 0.2) is 90.3 Å². The van der Waals surface area contributed by atoms with E-state index in [-0.39, 0.29) is 17.0 Å². The summed E-state index contributed by atoms with van der Waals surface area (Å²) in [5, 5.41) is 3.18. The second-order valence-corrected chi connectivity index (χ2v) is 8.33. The first kappa shape index (κ1) is 21.6. The second kappa shape index (κ2) is 9.58. The third-order valence-electron chi connectivity index (χ3n) is 4.02. The van der Waals surface area contributed by atoms with Gasteiger partial charge in [-0.15, -0.1) is 6.58 Å². The standard InChI is InChI=1S/C22H19ClN2O4S/c1-2-14-24-30(27,28)17-9-7-8-16(15-17)22(26)25-19-11-4-6-13-21(19)29-20-12-5-3-10-18(20)23/h2-13,15,24H,1,14H2,(H,25,26). The molecule has 0 aliphatic carbocycles. The number of ether oxygens (including phenoxy) is 1. The third-order valence-corrected chi connectivity index (χ3v) is 5.75. The third kappa shape index (κ3) is 5.27. The Morgan fingerprint density at radius 2 is 1.70 bits per heavy atom. The van der Waals surface area contributed by atoms with Gasteiger partial charge in [0.1, 0.15) is 5.75 Å². The van der Waals surface area contributed by atoms with Crippen molar-refractivity contribution < 1.29 is 17.9 Å². The Kier molecular flexibility index (Phi) is 6.89. The van der Waals surface area contributed by atoms with Gasteiger partial charge in [-0.05, 0) is 42.5 Å². The highest BCUT2D eigenvalue weighted by Gasteiger charge is 2.16. The summed E-state index contributed by atoms with van der Waals surface area (Å²) in [5.41, 5.74) is 0.601. The van der Waals surface area contributed by atoms with E-state index < -0.39 is 15.9 Å². The van der Waals surface area contributed by atoms with Crippen molar-refractivity contribution in [1.82, 2.24) is 4.72 Å². The molecule has 0 saturated carbocycles. The average molecular weight is 443 g/mol. The molecule has 154 valence electrons. The van der Waals surface area contributed by atoms with Crippen LogP contribution in [0.3, 0.4) is 0 Å². The molecule has 1 amide bonds. The maximum atomic E-state index is 12.8. The van der Waals surface area contributed by atoms with Gasteiger partial charge >= 0.3 is 0 Å². The van der Waals surface area contributed by atoms with E-state index in [4.69, 9.17) is 16.3 Å². The Labute approximate surface area is 180 Å². The summed E-state index contributed by atoms with van der Waals surface area (Å²) in [6.45, 7) is 3.57. The van der Waals surface area contributed by atoms with E-state index in [0.717, 1.165) is 0 Å². The van der Waals surface area contributed by atoms with Gasteiger partial charge < -0.3 is 10.1 Å². The first-order chi connectivity index (χ1) is 14.4. The van der Waals surface area contributed by atoms with Gasteiger partial charge in [-0.1, -0.05) is 48.0 Å². The maximum absolute atomic E-state index is 12.8. The number of sulfonamides is 1. The zero-order valence-electron chi connectivity index (χ0n) is 15.8. The SMILES string of the molecule is C=CCNS(=O)(=O)c1cccc(C(=O)Nc2ccccc2Oc2ccccc2Cl)c1. The Morgan fingerprint density at radius 3 is 2.43 bits per heavy atom. The fraction of sp³-hybridized carbons (Fsp3) is 0.0455. The highest BCUT2D eigenvalue weighted by atomic mass is 35.5. The largest absolute Gasteiger partial charge is 0.454 e. The van der Waals surface area contributed by atoms with E-state index in [1.54, 1.807) is 48.5 Å². The van der Waals surface area contributed by atoms with Crippen molar-refractivity contribution in [2.75, 3.05) is 11.9 Å². The summed E-state index contributed by atoms with van der Waals surface area (Å²) < 4.78 is 32.8. The van der Waals surface area contributed by atoms with E-state index in [2.05, 4.69) is 16.6 Å². The quantitative estimate of drug-likeness (QED) is 0.488. The molecule has 3 rings (SSSR count). The van der Waals surface area contributed by atoms with E-state index >= 15 is 0 Å². The molecule has 2 N–H and O–H groups in total. The number of hydrogen-bond donors (Lipinski definition) is 2. The van der Waals surface area contributed by atoms with Crippen molar-refractivity contribution in [2.24, 2.45) is 0 Å².